The van der Waals surface area contributed by atoms with Crippen LogP contribution in [0.4, 0.5) is 0 Å². The Kier molecular flexibility index (Phi) is 3.18. The third-order valence-corrected chi connectivity index (χ3v) is 4.79. The van der Waals surface area contributed by atoms with Crippen LogP contribution >= 0.6 is 0 Å². The number of carboxylic acid groups (broad SMARTS) is 1. The lowest BCUT2D eigenvalue weighted by Crippen LogP contribution is -2.29. The molecule has 1 aliphatic heterocycles. The molecule has 0 unspecified atom stereocenters. The van der Waals surface area contributed by atoms with Crippen LogP contribution in [-0.2, 0) is 17.1 Å². The van der Waals surface area contributed by atoms with Gasteiger partial charge in [0.05, 0.1) is 6.10 Å². The fraction of sp³-hybridized carbons (Fsp3) is 0.500. The van der Waals surface area contributed by atoms with Crippen molar-refractivity contribution in [1.29, 1.82) is 0 Å². The molecule has 1 fully saturated rings. The summed E-state index contributed by atoms with van der Waals surface area (Å²) in [5.41, 5.74) is -0.0895. The minimum atomic E-state index is -3.72. The summed E-state index contributed by atoms with van der Waals surface area (Å²) in [6.07, 6.45) is 1.02. The second-order valence-electron chi connectivity index (χ2n) is 4.28. The van der Waals surface area contributed by atoms with E-state index in [2.05, 4.69) is 0 Å². The van der Waals surface area contributed by atoms with Crippen LogP contribution in [0.25, 0.3) is 0 Å². The first-order valence-corrected chi connectivity index (χ1v) is 6.84. The molecule has 0 aliphatic carbocycles. The van der Waals surface area contributed by atoms with Crippen LogP contribution in [-0.4, -0.2) is 52.7 Å². The lowest BCUT2D eigenvalue weighted by molar-refractivity contribution is 0.0686. The van der Waals surface area contributed by atoms with Gasteiger partial charge in [0.1, 0.15) is 10.6 Å². The molecule has 2 heterocycles. The minimum absolute atomic E-state index is 0.0552. The molecule has 7 nitrogen and oxygen atoms in total. The summed E-state index contributed by atoms with van der Waals surface area (Å²) in [6, 6.07) is 1.13. The number of sulfonamides is 1. The monoisotopic (exact) mass is 274 g/mol. The Labute approximate surface area is 104 Å². The maximum absolute atomic E-state index is 12.2. The SMILES string of the molecule is Cn1cc(S(=O)(=O)N2CC[C@@H](O)C2)cc1C(=O)O. The Bertz CT molecular complexity index is 577. The standard InChI is InChI=1S/C10H14N2O5S/c1-11-6-8(4-9(11)10(14)15)18(16,17)12-3-2-7(13)5-12/h4,6-7,13H,2-3,5H2,1H3,(H,14,15)/t7-/m1/s1. The van der Waals surface area contributed by atoms with E-state index in [0.717, 1.165) is 6.07 Å². The predicted molar refractivity (Wildman–Crippen MR) is 61.8 cm³/mol. The summed E-state index contributed by atoms with van der Waals surface area (Å²) < 4.78 is 26.8. The maximum atomic E-state index is 12.2. The summed E-state index contributed by atoms with van der Waals surface area (Å²) in [6.45, 7) is 0.306. The molecule has 1 aromatic heterocycles. The number of aryl methyl sites for hydroxylation is 1. The van der Waals surface area contributed by atoms with Gasteiger partial charge < -0.3 is 14.8 Å². The molecule has 1 aromatic rings. The van der Waals surface area contributed by atoms with Gasteiger partial charge in [0.15, 0.2) is 0 Å². The number of aromatic carboxylic acids is 1. The molecule has 0 radical (unpaired) electrons. The van der Waals surface area contributed by atoms with Crippen molar-refractivity contribution in [2.24, 2.45) is 7.05 Å². The molecule has 0 aromatic carbocycles. The Morgan fingerprint density at radius 2 is 2.17 bits per heavy atom. The summed E-state index contributed by atoms with van der Waals surface area (Å²) in [4.78, 5) is 10.8. The fourth-order valence-electron chi connectivity index (χ4n) is 1.97. The van der Waals surface area contributed by atoms with Crippen LogP contribution in [0, 0.1) is 0 Å². The van der Waals surface area contributed by atoms with Crippen LogP contribution in [0.5, 0.6) is 0 Å². The van der Waals surface area contributed by atoms with E-state index < -0.39 is 22.1 Å². The molecule has 0 amide bonds. The van der Waals surface area contributed by atoms with Gasteiger partial charge in [-0.1, -0.05) is 0 Å². The molecule has 8 heteroatoms. The summed E-state index contributed by atoms with van der Waals surface area (Å²) in [5, 5.41) is 18.2. The highest BCUT2D eigenvalue weighted by molar-refractivity contribution is 7.89. The van der Waals surface area contributed by atoms with Crippen molar-refractivity contribution in [2.75, 3.05) is 13.1 Å². The van der Waals surface area contributed by atoms with E-state index in [0.29, 0.717) is 6.42 Å². The minimum Gasteiger partial charge on any atom is -0.477 e. The number of hydrogen-bond acceptors (Lipinski definition) is 4. The molecule has 1 atom stereocenters. The van der Waals surface area contributed by atoms with Crippen molar-refractivity contribution in [3.8, 4) is 0 Å². The van der Waals surface area contributed by atoms with Crippen molar-refractivity contribution in [2.45, 2.75) is 17.4 Å². The fourth-order valence-corrected chi connectivity index (χ4v) is 3.53. The highest BCUT2D eigenvalue weighted by Gasteiger charge is 2.33. The van der Waals surface area contributed by atoms with Gasteiger partial charge >= 0.3 is 5.97 Å². The van der Waals surface area contributed by atoms with Gasteiger partial charge in [-0.3, -0.25) is 0 Å². The molecule has 1 saturated heterocycles. The van der Waals surface area contributed by atoms with Crippen molar-refractivity contribution in [3.05, 3.63) is 18.0 Å². The Hall–Kier alpha value is -1.38. The molecular weight excluding hydrogens is 260 g/mol. The van der Waals surface area contributed by atoms with Gasteiger partial charge in [0.2, 0.25) is 10.0 Å². The first kappa shape index (κ1) is 13.1. The van der Waals surface area contributed by atoms with E-state index >= 15 is 0 Å². The van der Waals surface area contributed by atoms with E-state index in [4.69, 9.17) is 5.11 Å². The molecule has 18 heavy (non-hydrogen) atoms. The number of β-amino-alcohol motifs (C(OH)–C–C–N with tert-alkyl or cyclic N) is 1. The van der Waals surface area contributed by atoms with E-state index in [-0.39, 0.29) is 23.7 Å². The van der Waals surface area contributed by atoms with Crippen molar-refractivity contribution >= 4 is 16.0 Å². The van der Waals surface area contributed by atoms with Gasteiger partial charge in [-0.25, -0.2) is 13.2 Å². The van der Waals surface area contributed by atoms with E-state index in [1.807, 2.05) is 0 Å². The van der Waals surface area contributed by atoms with Gasteiger partial charge in [0, 0.05) is 26.3 Å². The zero-order chi connectivity index (χ0) is 13.5. The highest BCUT2D eigenvalue weighted by atomic mass is 32.2. The quantitative estimate of drug-likeness (QED) is 0.772. The zero-order valence-corrected chi connectivity index (χ0v) is 10.6. The van der Waals surface area contributed by atoms with E-state index in [1.54, 1.807) is 0 Å². The van der Waals surface area contributed by atoms with Crippen LogP contribution in [0.3, 0.4) is 0 Å². The molecule has 2 rings (SSSR count). The topological polar surface area (TPSA) is 99.8 Å². The van der Waals surface area contributed by atoms with Crippen molar-refractivity contribution in [3.63, 3.8) is 0 Å². The Morgan fingerprint density at radius 1 is 1.50 bits per heavy atom. The zero-order valence-electron chi connectivity index (χ0n) is 9.78. The van der Waals surface area contributed by atoms with Gasteiger partial charge in [0.25, 0.3) is 0 Å². The van der Waals surface area contributed by atoms with Crippen LogP contribution in [0.1, 0.15) is 16.9 Å². The van der Waals surface area contributed by atoms with Crippen molar-refractivity contribution in [1.82, 2.24) is 8.87 Å². The number of aliphatic hydroxyl groups is 1. The first-order valence-electron chi connectivity index (χ1n) is 5.40. The lowest BCUT2D eigenvalue weighted by atomic mass is 10.3. The number of rotatable bonds is 3. The molecule has 2 N–H and O–H groups in total. The number of carboxylic acids is 1. The van der Waals surface area contributed by atoms with Crippen LogP contribution in [0.15, 0.2) is 17.2 Å². The van der Waals surface area contributed by atoms with Crippen LogP contribution < -0.4 is 0 Å². The lowest BCUT2D eigenvalue weighted by Gasteiger charge is -2.14. The van der Waals surface area contributed by atoms with Gasteiger partial charge in [-0.05, 0) is 12.5 Å². The average molecular weight is 274 g/mol. The number of carbonyl (C=O) groups is 1. The van der Waals surface area contributed by atoms with E-state index in [1.165, 1.54) is 22.1 Å². The maximum Gasteiger partial charge on any atom is 0.352 e. The molecular formula is C10H14N2O5S. The van der Waals surface area contributed by atoms with E-state index in [9.17, 15) is 18.3 Å². The number of aliphatic hydroxyl groups excluding tert-OH is 1. The van der Waals surface area contributed by atoms with Crippen LogP contribution in [0.2, 0.25) is 0 Å². The van der Waals surface area contributed by atoms with Gasteiger partial charge in [-0.15, -0.1) is 0 Å². The summed E-state index contributed by atoms with van der Waals surface area (Å²) in [7, 11) is -2.24. The third-order valence-electron chi connectivity index (χ3n) is 2.96. The molecule has 0 spiro atoms. The number of nitrogens with zero attached hydrogens (tertiary/aromatic N) is 2. The normalized spacial score (nSPS) is 21.3. The second kappa shape index (κ2) is 4.38. The average Bonchev–Trinajstić information content (AvgIpc) is 2.84. The number of aromatic nitrogens is 1. The summed E-state index contributed by atoms with van der Waals surface area (Å²) in [5.74, 6) is -1.18. The second-order valence-corrected chi connectivity index (χ2v) is 6.22. The molecule has 100 valence electrons. The molecule has 0 bridgehead atoms. The Morgan fingerprint density at radius 3 is 2.61 bits per heavy atom. The van der Waals surface area contributed by atoms with Gasteiger partial charge in [-0.2, -0.15) is 4.31 Å². The Balaban J connectivity index is 2.36. The molecule has 0 saturated carbocycles. The smallest absolute Gasteiger partial charge is 0.352 e. The summed E-state index contributed by atoms with van der Waals surface area (Å²) >= 11 is 0. The first-order chi connectivity index (χ1) is 8.32. The predicted octanol–water partition coefficient (Wildman–Crippen LogP) is -0.521. The highest BCUT2D eigenvalue weighted by Crippen LogP contribution is 2.22. The third kappa shape index (κ3) is 2.14. The number of hydrogen-bond donors (Lipinski definition) is 2. The van der Waals surface area contributed by atoms with Crippen molar-refractivity contribution < 1.29 is 23.4 Å². The largest absolute Gasteiger partial charge is 0.477 e. The molecule has 1 aliphatic rings.